The highest BCUT2D eigenvalue weighted by Crippen LogP contribution is 2.42. The van der Waals surface area contributed by atoms with E-state index in [0.717, 1.165) is 5.56 Å². The number of hydrogen-bond donors (Lipinski definition) is 0. The summed E-state index contributed by atoms with van der Waals surface area (Å²) in [6.45, 7) is 0. The predicted molar refractivity (Wildman–Crippen MR) is 101 cm³/mol. The van der Waals surface area contributed by atoms with Crippen LogP contribution in [0.4, 0.5) is 0 Å². The minimum atomic E-state index is -1.78. The van der Waals surface area contributed by atoms with Crippen LogP contribution in [0.15, 0.2) is 65.1 Å². The van der Waals surface area contributed by atoms with Crippen LogP contribution < -0.4 is 5.11 Å². The maximum atomic E-state index is 12.1. The van der Waals surface area contributed by atoms with Crippen molar-refractivity contribution in [1.82, 2.24) is 0 Å². The van der Waals surface area contributed by atoms with Crippen molar-refractivity contribution in [1.29, 1.82) is 0 Å². The Morgan fingerprint density at radius 3 is 2.17 bits per heavy atom. The summed E-state index contributed by atoms with van der Waals surface area (Å²) < 4.78 is 7.58. The molecule has 0 heterocycles. The first-order valence-corrected chi connectivity index (χ1v) is 9.96. The van der Waals surface area contributed by atoms with E-state index >= 15 is 0 Å². The van der Waals surface area contributed by atoms with Gasteiger partial charge in [-0.1, -0.05) is 95.5 Å². The Balaban J connectivity index is 2.08. The highest BCUT2D eigenvalue weighted by Gasteiger charge is 2.32. The minimum Gasteiger partial charge on any atom is -0.585 e. The fourth-order valence-corrected chi connectivity index (χ4v) is 3.60. The van der Waals surface area contributed by atoms with E-state index in [0.29, 0.717) is 11.3 Å². The number of ether oxygens (including phenoxy) is 1. The Labute approximate surface area is 159 Å². The molecule has 2 aromatic rings. The van der Waals surface area contributed by atoms with E-state index in [1.807, 2.05) is 42.7 Å². The maximum absolute atomic E-state index is 12.1. The molecule has 24 heavy (non-hydrogen) atoms. The third kappa shape index (κ3) is 6.10. The summed E-state index contributed by atoms with van der Waals surface area (Å²) in [7, 11) is 0. The molecule has 0 fully saturated rings. The standard InChI is InChI=1S/C17H16Cl3NO2S/c1-24(12-13-8-4-2-5-9-13)21-16(22)23-15(17(18,19)20)14-10-6-3-7-11-14/h2-11,15H,12H2,1H3/t15-,24?/m0/s1. The van der Waals surface area contributed by atoms with Gasteiger partial charge in [0.25, 0.3) is 0 Å². The Morgan fingerprint density at radius 2 is 1.62 bits per heavy atom. The summed E-state index contributed by atoms with van der Waals surface area (Å²) in [6.07, 6.45) is 0.104. The molecular weight excluding hydrogens is 389 g/mol. The Hall–Kier alpha value is -1.07. The van der Waals surface area contributed by atoms with Crippen LogP contribution in [0.2, 0.25) is 0 Å². The van der Waals surface area contributed by atoms with Crippen molar-refractivity contribution in [3.05, 3.63) is 71.8 Å². The molecule has 0 radical (unpaired) electrons. The van der Waals surface area contributed by atoms with Crippen LogP contribution in [0.5, 0.6) is 0 Å². The van der Waals surface area contributed by atoms with E-state index in [9.17, 15) is 5.11 Å². The number of rotatable bonds is 5. The third-order valence-corrected chi connectivity index (χ3v) is 4.87. The van der Waals surface area contributed by atoms with E-state index in [1.54, 1.807) is 24.3 Å². The van der Waals surface area contributed by atoms with E-state index < -0.39 is 27.1 Å². The molecule has 3 nitrogen and oxygen atoms in total. The average Bonchev–Trinajstić information content (AvgIpc) is 2.53. The molecule has 1 unspecified atom stereocenters. The van der Waals surface area contributed by atoms with Crippen molar-refractivity contribution in [2.45, 2.75) is 15.6 Å². The van der Waals surface area contributed by atoms with Gasteiger partial charge in [-0.25, -0.2) is 0 Å². The molecule has 0 bridgehead atoms. The van der Waals surface area contributed by atoms with Crippen LogP contribution >= 0.6 is 34.8 Å². The fraction of sp³-hybridized carbons (Fsp3) is 0.235. The molecule has 0 aliphatic carbocycles. The molecule has 2 rings (SSSR count). The molecule has 0 spiro atoms. The lowest BCUT2D eigenvalue weighted by Gasteiger charge is -2.31. The first kappa shape index (κ1) is 19.3. The molecular formula is C17H16Cl3NO2S. The van der Waals surface area contributed by atoms with Gasteiger partial charge in [0.05, 0.1) is 6.10 Å². The molecule has 7 heteroatoms. The number of halogens is 3. The van der Waals surface area contributed by atoms with Crippen LogP contribution in [0.25, 0.3) is 0 Å². The SMILES string of the molecule is C[S+](Cc1ccccc1)/N=C(\[O-])O[C@@H](c1ccccc1)C(Cl)(Cl)Cl. The van der Waals surface area contributed by atoms with Crippen LogP contribution in [0, 0.1) is 0 Å². The fourth-order valence-electron chi connectivity index (χ4n) is 2.05. The molecule has 128 valence electrons. The van der Waals surface area contributed by atoms with Gasteiger partial charge in [-0.2, -0.15) is 0 Å². The quantitative estimate of drug-likeness (QED) is 0.324. The van der Waals surface area contributed by atoms with Gasteiger partial charge in [-0.15, -0.1) is 0 Å². The molecule has 0 aliphatic rings. The van der Waals surface area contributed by atoms with Crippen LogP contribution in [-0.2, 0) is 21.6 Å². The molecule has 0 saturated carbocycles. The lowest BCUT2D eigenvalue weighted by Crippen LogP contribution is -2.30. The lowest BCUT2D eigenvalue weighted by atomic mass is 10.1. The van der Waals surface area contributed by atoms with Gasteiger partial charge >= 0.3 is 0 Å². The number of nitrogens with zero attached hydrogens (tertiary/aromatic N) is 1. The third-order valence-electron chi connectivity index (χ3n) is 3.07. The highest BCUT2D eigenvalue weighted by molar-refractivity contribution is 7.94. The first-order valence-electron chi connectivity index (χ1n) is 7.07. The second-order valence-corrected chi connectivity index (χ2v) is 9.08. The zero-order valence-corrected chi connectivity index (χ0v) is 15.9. The zero-order valence-electron chi connectivity index (χ0n) is 12.9. The Morgan fingerprint density at radius 1 is 1.08 bits per heavy atom. The maximum Gasteiger partial charge on any atom is 0.206 e. The van der Waals surface area contributed by atoms with Gasteiger partial charge in [0.1, 0.15) is 17.3 Å². The summed E-state index contributed by atoms with van der Waals surface area (Å²) in [5.74, 6) is 0.652. The van der Waals surface area contributed by atoms with Gasteiger partial charge in [-0.05, 0) is 9.96 Å². The van der Waals surface area contributed by atoms with Gasteiger partial charge in [0.2, 0.25) is 9.88 Å². The predicted octanol–water partition coefficient (Wildman–Crippen LogP) is 4.19. The van der Waals surface area contributed by atoms with Gasteiger partial charge < -0.3 is 9.84 Å². The molecule has 0 saturated heterocycles. The summed E-state index contributed by atoms with van der Waals surface area (Å²) in [5, 5.41) is 12.1. The van der Waals surface area contributed by atoms with E-state index in [4.69, 9.17) is 39.5 Å². The largest absolute Gasteiger partial charge is 0.585 e. The van der Waals surface area contributed by atoms with Gasteiger partial charge in [0.15, 0.2) is 5.75 Å². The minimum absolute atomic E-state index is 0.529. The van der Waals surface area contributed by atoms with Crippen LogP contribution in [0.3, 0.4) is 0 Å². The second kappa shape index (κ2) is 8.86. The van der Waals surface area contributed by atoms with Gasteiger partial charge in [0, 0.05) is 5.56 Å². The monoisotopic (exact) mass is 403 g/mol. The summed E-state index contributed by atoms with van der Waals surface area (Å²) in [4.78, 5) is 0. The van der Waals surface area contributed by atoms with Crippen LogP contribution in [0.1, 0.15) is 17.2 Å². The summed E-state index contributed by atoms with van der Waals surface area (Å²) in [6, 6.07) is 18.6. The van der Waals surface area contributed by atoms with Gasteiger partial charge in [-0.3, -0.25) is 0 Å². The summed E-state index contributed by atoms with van der Waals surface area (Å²) >= 11 is 17.3. The average molecular weight is 405 g/mol. The van der Waals surface area contributed by atoms with Crippen molar-refractivity contribution in [2.24, 2.45) is 4.40 Å². The van der Waals surface area contributed by atoms with Crippen molar-refractivity contribution in [3.8, 4) is 0 Å². The second-order valence-electron chi connectivity index (χ2n) is 5.04. The molecule has 0 aromatic heterocycles. The molecule has 2 atom stereocenters. The normalized spacial score (nSPS) is 14.9. The van der Waals surface area contributed by atoms with E-state index in [2.05, 4.69) is 4.40 Å². The summed E-state index contributed by atoms with van der Waals surface area (Å²) in [5.41, 5.74) is 1.70. The topological polar surface area (TPSA) is 44.7 Å². The highest BCUT2D eigenvalue weighted by atomic mass is 35.6. The van der Waals surface area contributed by atoms with Crippen LogP contribution in [-0.4, -0.2) is 16.1 Å². The van der Waals surface area contributed by atoms with Crippen molar-refractivity contribution in [3.63, 3.8) is 0 Å². The Kier molecular flexibility index (Phi) is 7.11. The number of alkyl halides is 3. The first-order chi connectivity index (χ1) is 11.4. The molecule has 0 N–H and O–H groups in total. The Bertz CT molecular complexity index is 663. The van der Waals surface area contributed by atoms with E-state index in [-0.39, 0.29) is 0 Å². The van der Waals surface area contributed by atoms with Crippen molar-refractivity contribution >= 4 is 52.0 Å². The number of hydrogen-bond acceptors (Lipinski definition) is 3. The molecule has 0 aliphatic heterocycles. The van der Waals surface area contributed by atoms with Crippen molar-refractivity contribution < 1.29 is 9.84 Å². The number of benzene rings is 2. The van der Waals surface area contributed by atoms with E-state index in [1.165, 1.54) is 0 Å². The molecule has 2 aromatic carbocycles. The lowest BCUT2D eigenvalue weighted by molar-refractivity contribution is -0.255. The van der Waals surface area contributed by atoms with Crippen molar-refractivity contribution in [2.75, 3.05) is 6.26 Å². The molecule has 0 amide bonds. The smallest absolute Gasteiger partial charge is 0.206 e. The zero-order chi connectivity index (χ0) is 17.6.